The van der Waals surface area contributed by atoms with Crippen LogP contribution in [0.5, 0.6) is 0 Å². The molecule has 0 saturated heterocycles. The number of aliphatic carboxylic acids is 2. The molecule has 0 radical (unpaired) electrons. The van der Waals surface area contributed by atoms with E-state index in [1.165, 1.54) is 0 Å². The van der Waals surface area contributed by atoms with Gasteiger partial charge in [-0.3, -0.25) is 10.6 Å². The minimum absolute atomic E-state index is 0.173. The standard InChI is InChI=1S/C35H52N4O8.C2H2O4/c1-7-38(8-2)21-25-44-31(40)27-11-15-29(16-12-27)36-33(42)46-23-19-35(5,6)20-24-47-34(43)37-30-17-13-28(14-18-30)32(41)45-26-22-39(9-3)10-4;3-1(4)2(5)6/h11-18H,7-10,19-26H2,1-6H3,(H,36,42)(H,37,43);(H,3,4)(H,5,6). The highest BCUT2D eigenvalue weighted by Gasteiger charge is 2.20. The van der Waals surface area contributed by atoms with Crippen LogP contribution in [0, 0.1) is 5.41 Å². The van der Waals surface area contributed by atoms with Crippen LogP contribution < -0.4 is 10.6 Å². The summed E-state index contributed by atoms with van der Waals surface area (Å²) in [4.78, 5) is 71.6. The molecular formula is C37H54N4O12. The summed E-state index contributed by atoms with van der Waals surface area (Å²) in [6.07, 6.45) is -0.110. The van der Waals surface area contributed by atoms with E-state index >= 15 is 0 Å². The summed E-state index contributed by atoms with van der Waals surface area (Å²) in [6.45, 7) is 18.1. The lowest BCUT2D eigenvalue weighted by molar-refractivity contribution is -0.159. The smallest absolute Gasteiger partial charge is 0.414 e. The zero-order valence-corrected chi connectivity index (χ0v) is 31.5. The fourth-order valence-electron chi connectivity index (χ4n) is 4.43. The van der Waals surface area contributed by atoms with Crippen molar-refractivity contribution in [3.05, 3.63) is 59.7 Å². The van der Waals surface area contributed by atoms with Crippen LogP contribution in [0.15, 0.2) is 48.5 Å². The number of hydrogen-bond acceptors (Lipinski definition) is 12. The number of likely N-dealkylation sites (N-methyl/N-ethyl adjacent to an activating group) is 2. The fraction of sp³-hybridized carbons (Fsp3) is 0.514. The average Bonchev–Trinajstić information content (AvgIpc) is 3.12. The monoisotopic (exact) mass is 746 g/mol. The van der Waals surface area contributed by atoms with E-state index in [0.29, 0.717) is 61.6 Å². The molecule has 2 aromatic rings. The van der Waals surface area contributed by atoms with Crippen molar-refractivity contribution < 1.29 is 57.9 Å². The Hall–Kier alpha value is -5.22. The van der Waals surface area contributed by atoms with Gasteiger partial charge in [0.1, 0.15) is 13.2 Å². The highest BCUT2D eigenvalue weighted by molar-refractivity contribution is 6.27. The molecule has 2 amide bonds. The van der Waals surface area contributed by atoms with Crippen molar-refractivity contribution in [2.75, 3.05) is 76.3 Å². The molecule has 0 bridgehead atoms. The Morgan fingerprint density at radius 1 is 0.547 bits per heavy atom. The highest BCUT2D eigenvalue weighted by atomic mass is 16.6. The van der Waals surface area contributed by atoms with Gasteiger partial charge in [0.25, 0.3) is 0 Å². The molecular weight excluding hydrogens is 692 g/mol. The number of carboxylic acids is 2. The molecule has 0 spiro atoms. The van der Waals surface area contributed by atoms with E-state index in [2.05, 4.69) is 48.1 Å². The van der Waals surface area contributed by atoms with Crippen molar-refractivity contribution in [2.45, 2.75) is 54.4 Å². The number of carboxylic acid groups (broad SMARTS) is 2. The molecule has 0 fully saturated rings. The van der Waals surface area contributed by atoms with Crippen molar-refractivity contribution >= 4 is 47.4 Å². The van der Waals surface area contributed by atoms with Crippen molar-refractivity contribution in [1.82, 2.24) is 9.80 Å². The second-order valence-corrected chi connectivity index (χ2v) is 12.3. The van der Waals surface area contributed by atoms with Crippen molar-refractivity contribution in [1.29, 1.82) is 0 Å². The first-order chi connectivity index (χ1) is 25.1. The Balaban J connectivity index is 0.00000215. The number of amides is 2. The lowest BCUT2D eigenvalue weighted by Gasteiger charge is -2.24. The minimum Gasteiger partial charge on any atom is -0.473 e. The van der Waals surface area contributed by atoms with Gasteiger partial charge in [-0.25, -0.2) is 28.8 Å². The van der Waals surface area contributed by atoms with Crippen LogP contribution in [0.25, 0.3) is 0 Å². The van der Waals surface area contributed by atoms with Gasteiger partial charge in [0, 0.05) is 24.5 Å². The van der Waals surface area contributed by atoms with Crippen LogP contribution in [0.2, 0.25) is 0 Å². The summed E-state index contributed by atoms with van der Waals surface area (Å²) in [5.41, 5.74) is 1.53. The minimum atomic E-state index is -1.82. The maximum absolute atomic E-state index is 12.3. The van der Waals surface area contributed by atoms with Gasteiger partial charge in [-0.1, -0.05) is 41.5 Å². The quantitative estimate of drug-likeness (QED) is 0.0755. The summed E-state index contributed by atoms with van der Waals surface area (Å²) in [5, 5.41) is 20.1. The van der Waals surface area contributed by atoms with Gasteiger partial charge in [0.05, 0.1) is 24.3 Å². The average molecular weight is 747 g/mol. The first-order valence-electron chi connectivity index (χ1n) is 17.5. The summed E-state index contributed by atoms with van der Waals surface area (Å²) in [7, 11) is 0. The van der Waals surface area contributed by atoms with Crippen LogP contribution in [0.3, 0.4) is 0 Å². The maximum Gasteiger partial charge on any atom is 0.414 e. The van der Waals surface area contributed by atoms with Crippen LogP contribution in [0.1, 0.15) is 75.1 Å². The van der Waals surface area contributed by atoms with E-state index < -0.39 is 36.1 Å². The van der Waals surface area contributed by atoms with Gasteiger partial charge in [0.2, 0.25) is 0 Å². The number of hydrogen-bond donors (Lipinski definition) is 4. The van der Waals surface area contributed by atoms with Crippen molar-refractivity contribution in [3.63, 3.8) is 0 Å². The maximum atomic E-state index is 12.3. The number of nitrogens with one attached hydrogen (secondary N) is 2. The molecule has 0 saturated carbocycles. The number of ether oxygens (including phenoxy) is 4. The number of rotatable bonds is 20. The van der Waals surface area contributed by atoms with E-state index in [9.17, 15) is 19.2 Å². The fourth-order valence-corrected chi connectivity index (χ4v) is 4.43. The lowest BCUT2D eigenvalue weighted by atomic mass is 9.86. The third kappa shape index (κ3) is 19.8. The second kappa shape index (κ2) is 24.9. The van der Waals surface area contributed by atoms with Gasteiger partial charge >= 0.3 is 36.1 Å². The number of carbonyl (C=O) groups is 6. The second-order valence-electron chi connectivity index (χ2n) is 12.3. The molecule has 0 aliphatic heterocycles. The molecule has 0 atom stereocenters. The predicted octanol–water partition coefficient (Wildman–Crippen LogP) is 5.44. The zero-order chi connectivity index (χ0) is 39.8. The van der Waals surface area contributed by atoms with Crippen LogP contribution in [-0.2, 0) is 28.5 Å². The van der Waals surface area contributed by atoms with Crippen molar-refractivity contribution in [2.24, 2.45) is 5.41 Å². The Morgan fingerprint density at radius 2 is 0.868 bits per heavy atom. The van der Waals surface area contributed by atoms with E-state index in [-0.39, 0.29) is 18.6 Å². The Labute approximate surface area is 310 Å². The molecule has 2 rings (SSSR count). The molecule has 0 aliphatic rings. The Bertz CT molecular complexity index is 1330. The largest absolute Gasteiger partial charge is 0.473 e. The molecule has 2 aromatic carbocycles. The van der Waals surface area contributed by atoms with Gasteiger partial charge in [-0.15, -0.1) is 0 Å². The number of esters is 2. The molecule has 0 heterocycles. The molecule has 0 unspecified atom stereocenters. The number of benzene rings is 2. The lowest BCUT2D eigenvalue weighted by Crippen LogP contribution is -2.27. The van der Waals surface area contributed by atoms with E-state index in [1.807, 2.05) is 13.8 Å². The topological polar surface area (TPSA) is 210 Å². The SMILES string of the molecule is CCN(CC)CCOC(=O)c1ccc(NC(=O)OCCC(C)(C)CCOC(=O)Nc2ccc(C(=O)OCCN(CC)CC)cc2)cc1.O=C(O)C(=O)O. The molecule has 16 heteroatoms. The number of nitrogens with zero attached hydrogens (tertiary/aromatic N) is 2. The number of carbonyl (C=O) groups excluding carboxylic acids is 4. The first kappa shape index (κ1) is 45.8. The highest BCUT2D eigenvalue weighted by Crippen LogP contribution is 2.25. The summed E-state index contributed by atoms with van der Waals surface area (Å²) in [6, 6.07) is 12.8. The van der Waals surface area contributed by atoms with E-state index in [0.717, 1.165) is 26.2 Å². The van der Waals surface area contributed by atoms with E-state index in [1.54, 1.807) is 48.5 Å². The van der Waals surface area contributed by atoms with Crippen LogP contribution >= 0.6 is 0 Å². The molecule has 294 valence electrons. The summed E-state index contributed by atoms with van der Waals surface area (Å²) >= 11 is 0. The van der Waals surface area contributed by atoms with Gasteiger partial charge in [0.15, 0.2) is 0 Å². The molecule has 4 N–H and O–H groups in total. The van der Waals surface area contributed by atoms with E-state index in [4.69, 9.17) is 38.7 Å². The molecule has 53 heavy (non-hydrogen) atoms. The predicted molar refractivity (Wildman–Crippen MR) is 197 cm³/mol. The van der Waals surface area contributed by atoms with Gasteiger partial charge in [-0.2, -0.15) is 0 Å². The normalized spacial score (nSPS) is 10.8. The van der Waals surface area contributed by atoms with Crippen LogP contribution in [-0.4, -0.2) is 122 Å². The Kier molecular flexibility index (Phi) is 21.5. The van der Waals surface area contributed by atoms with Gasteiger partial charge < -0.3 is 39.0 Å². The molecule has 0 aromatic heterocycles. The first-order valence-corrected chi connectivity index (χ1v) is 17.5. The third-order valence-corrected chi connectivity index (χ3v) is 8.01. The number of anilines is 2. The Morgan fingerprint density at radius 3 is 1.15 bits per heavy atom. The zero-order valence-electron chi connectivity index (χ0n) is 31.5. The van der Waals surface area contributed by atoms with Crippen molar-refractivity contribution in [3.8, 4) is 0 Å². The molecule has 16 nitrogen and oxygen atoms in total. The molecule has 0 aliphatic carbocycles. The summed E-state index contributed by atoms with van der Waals surface area (Å²) in [5.74, 6) is -4.47. The van der Waals surface area contributed by atoms with Crippen LogP contribution in [0.4, 0.5) is 21.0 Å². The summed E-state index contributed by atoms with van der Waals surface area (Å²) < 4.78 is 21.3. The third-order valence-electron chi connectivity index (χ3n) is 8.01. The van der Waals surface area contributed by atoms with Gasteiger partial charge in [-0.05, 0) is 93.0 Å².